The second-order valence-corrected chi connectivity index (χ2v) is 41.2. The number of imide groups is 1. The summed E-state index contributed by atoms with van der Waals surface area (Å²) in [6.45, 7) is 22.6. The van der Waals surface area contributed by atoms with Crippen LogP contribution < -0.4 is 64.2 Å². The van der Waals surface area contributed by atoms with Crippen molar-refractivity contribution in [3.8, 4) is 0 Å². The molecule has 39 heteroatoms. The van der Waals surface area contributed by atoms with E-state index in [9.17, 15) is 56.4 Å². The number of urea groups is 1. The van der Waals surface area contributed by atoms with Gasteiger partial charge in [0.1, 0.15) is 36.5 Å². The largest absolute Gasteiger partial charge is 0.399 e. The molecule has 1 heterocycles. The van der Waals surface area contributed by atoms with Crippen molar-refractivity contribution in [2.75, 3.05) is 160 Å². The maximum Gasteiger partial charge on any atom is 0.312 e. The molecule has 1 aromatic heterocycles. The molecule has 0 radical (unpaired) electrons. The van der Waals surface area contributed by atoms with E-state index in [1.165, 1.54) is 11.1 Å². The van der Waals surface area contributed by atoms with Gasteiger partial charge in [-0.3, -0.25) is 57.8 Å². The van der Waals surface area contributed by atoms with E-state index in [2.05, 4.69) is 104 Å². The zero-order valence-electron chi connectivity index (χ0n) is 85.8. The van der Waals surface area contributed by atoms with E-state index in [1.54, 1.807) is 24.8 Å². The van der Waals surface area contributed by atoms with E-state index in [0.29, 0.717) is 121 Å². The molecule has 0 spiro atoms. The fourth-order valence-corrected chi connectivity index (χ4v) is 21.5. The summed E-state index contributed by atoms with van der Waals surface area (Å²) in [6, 6.07) is 23.1. The first-order chi connectivity index (χ1) is 69.7. The number of benzene rings is 4. The lowest BCUT2D eigenvalue weighted by Gasteiger charge is -2.56. The molecular formula is C106H157N15O23S. The van der Waals surface area contributed by atoms with Gasteiger partial charge in [-0.1, -0.05) is 147 Å². The summed E-state index contributed by atoms with van der Waals surface area (Å²) < 4.78 is 83.7. The van der Waals surface area contributed by atoms with Crippen molar-refractivity contribution in [2.24, 2.45) is 34.3 Å². The number of aromatic nitrogens is 3. The standard InChI is InChI=1S/C106H157N15O23S/c1-9-74-23-14-15-25-78(74)71-120(85-28-17-16-24-75(85)10-2)94(126)40-39-90(122)110-49-54-138-58-62-142-66-64-141-61-57-137-53-42-92(124)114-83(26-18-19-47-109-93(125)72-144-87-30-13-11-12-29-86-96(87)118-119-121(86)51-55-139-59-63-143-67-65-140-60-56-136-52-41-91(123)111-50-68-145(133,134)135)98(128)116-95(73(3)4)99(129)115-84(27-20-48-112-102(108)132)97(127)113-80-36-32-77-34-38-89-104(6,82(77)70-80)44-22-46-106(89,8)101(131)117-100(130)105(7)45-21-43-103(5)81-69-79(107)35-31-76(81)33-37-88(103)105/h10,14-17,23-25,28,31-32,35-36,69-70,73,83-84,87-89,95H,2,9,11-13,18-22,26-27,29-30,33-34,37-68,71-72,107H2,1,3-8H3,(H,109,125)(H,110,122)(H,111,123)(H,113,127)(H,114,124)(H,115,129)(H,116,128)(H3,108,112,132)(H,117,130,131)(H,133,134,135)/t83-,84+,87?,88-,89?,95+,103-,104-,105+,106+/m1/s1. The number of carbonyl (C=O) groups excluding carboxylic acids is 11. The topological polar surface area (TPSA) is 519 Å². The van der Waals surface area contributed by atoms with Crippen LogP contribution in [0.1, 0.15) is 240 Å². The lowest BCUT2D eigenvalue weighted by Crippen LogP contribution is -2.60. The summed E-state index contributed by atoms with van der Waals surface area (Å²) in [4.78, 5) is 154. The summed E-state index contributed by atoms with van der Waals surface area (Å²) in [7, 11) is -4.16. The smallest absolute Gasteiger partial charge is 0.312 e. The van der Waals surface area contributed by atoms with E-state index >= 15 is 4.79 Å². The number of hydrogen-bond acceptors (Lipinski definition) is 25. The number of nitrogens with two attached hydrogens (primary N) is 2. The highest BCUT2D eigenvalue weighted by molar-refractivity contribution is 7.85. The number of fused-ring (bicyclic) bond motifs is 7. The van der Waals surface area contributed by atoms with Crippen LogP contribution in [0.4, 0.5) is 21.9 Å². The molecule has 2 fully saturated rings. The van der Waals surface area contributed by atoms with E-state index < -0.39 is 97.8 Å². The molecule has 5 aliphatic carbocycles. The SMILES string of the molecule is C=Cc1ccccc1N(Cc1ccccc1CC)C(=O)CCC(=O)NCCOCCOCCOCCOCCC(=O)N[C@H](CCCCNC(=O)COC1CCCCCc2c1nnn2CCOCCOCCOCCOCCC(=O)NCCS(=O)(=O)O)C(=O)N[C@H](C(=O)N[C@@H](CCCNC(N)=O)C(=O)Nc1ccc2c(c1)[C@@]1(C)CCC[C@](C)(C(=O)NC(=O)[C@@]3(C)CCC[C@]4(C)c5cc(N)ccc5CC[C@@H]34)C1CC2)C(C)C. The maximum atomic E-state index is 15.1. The molecule has 5 aromatic rings. The third-order valence-electron chi connectivity index (χ3n) is 29.0. The molecule has 10 atom stereocenters. The van der Waals surface area contributed by atoms with Crippen LogP contribution in [0.25, 0.3) is 6.08 Å². The maximum absolute atomic E-state index is 15.1. The minimum Gasteiger partial charge on any atom is -0.399 e. The van der Waals surface area contributed by atoms with Crippen molar-refractivity contribution < 1.29 is 108 Å². The van der Waals surface area contributed by atoms with Crippen LogP contribution in [0.2, 0.25) is 0 Å². The lowest BCUT2D eigenvalue weighted by molar-refractivity contribution is -0.150. The number of primary amides is 1. The van der Waals surface area contributed by atoms with Gasteiger partial charge in [0, 0.05) is 63.2 Å². The van der Waals surface area contributed by atoms with E-state index in [4.69, 9.17) is 58.7 Å². The fraction of sp³-hybridized carbons (Fsp3) is 0.632. The highest BCUT2D eigenvalue weighted by Gasteiger charge is 2.59. The number of nitrogens with zero attached hydrogens (tertiary/aromatic N) is 4. The van der Waals surface area contributed by atoms with E-state index in [-0.39, 0.29) is 197 Å². The number of ether oxygens (including phenoxy) is 9. The predicted octanol–water partition coefficient (Wildman–Crippen LogP) is 9.13. The molecule has 0 bridgehead atoms. The molecule has 38 nitrogen and oxygen atoms in total. The highest BCUT2D eigenvalue weighted by Crippen LogP contribution is 2.60. The molecule has 14 N–H and O–H groups in total. The monoisotopic (exact) mass is 2040 g/mol. The number of hydrogen-bond donors (Lipinski definition) is 12. The van der Waals surface area contributed by atoms with Gasteiger partial charge in [0.15, 0.2) is 0 Å². The number of nitrogen functional groups attached to an aromatic ring is 1. The predicted molar refractivity (Wildman–Crippen MR) is 548 cm³/mol. The molecule has 2 unspecified atom stereocenters. The Hall–Kier alpha value is -10.7. The van der Waals surface area contributed by atoms with Crippen molar-refractivity contribution in [3.63, 3.8) is 0 Å². The van der Waals surface area contributed by atoms with Gasteiger partial charge in [0.25, 0.3) is 10.1 Å². The van der Waals surface area contributed by atoms with E-state index in [0.717, 1.165) is 97.0 Å². The van der Waals surface area contributed by atoms with Crippen molar-refractivity contribution in [3.05, 3.63) is 142 Å². The van der Waals surface area contributed by atoms with Crippen molar-refractivity contribution >= 4 is 98.4 Å². The molecule has 12 amide bonds. The number of nitrogens with one attached hydrogen (secondary N) is 9. The third kappa shape index (κ3) is 35.2. The molecular weight excluding hydrogens is 1880 g/mol. The minimum atomic E-state index is -4.16. The second kappa shape index (κ2) is 58.7. The molecule has 0 saturated heterocycles. The Kier molecular flexibility index (Phi) is 47.1. The van der Waals surface area contributed by atoms with Gasteiger partial charge in [0.2, 0.25) is 59.1 Å². The third-order valence-corrected chi connectivity index (χ3v) is 29.7. The molecule has 0 aliphatic heterocycles. The van der Waals surface area contributed by atoms with Crippen LogP contribution in [0.3, 0.4) is 0 Å². The Labute approximate surface area is 853 Å². The fourth-order valence-electron chi connectivity index (χ4n) is 21.2. The summed E-state index contributed by atoms with van der Waals surface area (Å²) in [6.07, 6.45) is 14.5. The normalized spacial score (nSPS) is 20.1. The molecule has 145 heavy (non-hydrogen) atoms. The minimum absolute atomic E-state index is 0.00201. The second-order valence-electron chi connectivity index (χ2n) is 39.6. The summed E-state index contributed by atoms with van der Waals surface area (Å²) in [5, 5.41) is 34.4. The Morgan fingerprint density at radius 3 is 1.70 bits per heavy atom. The highest BCUT2D eigenvalue weighted by atomic mass is 32.2. The lowest BCUT2D eigenvalue weighted by atomic mass is 9.49. The Bertz CT molecular complexity index is 5220. The number of unbranched alkanes of at least 4 members (excludes halogenated alkanes) is 1. The van der Waals surface area contributed by atoms with E-state index in [1.807, 2.05) is 85.3 Å². The van der Waals surface area contributed by atoms with Crippen molar-refractivity contribution in [1.29, 1.82) is 0 Å². The first-order valence-electron chi connectivity index (χ1n) is 51.8. The first kappa shape index (κ1) is 116. The van der Waals surface area contributed by atoms with Gasteiger partial charge in [-0.25, -0.2) is 9.48 Å². The number of rotatable bonds is 63. The van der Waals surface area contributed by atoms with Gasteiger partial charge in [-0.05, 0) is 207 Å². The number of para-hydroxylation sites is 1. The zero-order chi connectivity index (χ0) is 104. The number of aryl methyl sites for hydroxylation is 3. The molecule has 800 valence electrons. The first-order valence-corrected chi connectivity index (χ1v) is 53.4. The Morgan fingerprint density at radius 1 is 0.545 bits per heavy atom. The van der Waals surface area contributed by atoms with Crippen LogP contribution in [-0.4, -0.2) is 255 Å². The van der Waals surface area contributed by atoms with Gasteiger partial charge in [0.05, 0.1) is 147 Å². The van der Waals surface area contributed by atoms with Crippen molar-refractivity contribution in [2.45, 2.75) is 257 Å². The summed E-state index contributed by atoms with van der Waals surface area (Å²) >= 11 is 0. The van der Waals surface area contributed by atoms with Crippen LogP contribution in [-0.2, 0) is 150 Å². The average molecular weight is 2040 g/mol. The molecule has 10 rings (SSSR count). The summed E-state index contributed by atoms with van der Waals surface area (Å²) in [5.41, 5.74) is 20.3. The van der Waals surface area contributed by atoms with Crippen LogP contribution >= 0.6 is 0 Å². The van der Waals surface area contributed by atoms with Gasteiger partial charge in [-0.15, -0.1) is 5.10 Å². The van der Waals surface area contributed by atoms with Crippen molar-refractivity contribution in [1.82, 2.24) is 57.5 Å². The number of amides is 12. The summed E-state index contributed by atoms with van der Waals surface area (Å²) in [5.74, 6) is -5.48. The van der Waals surface area contributed by atoms with Gasteiger partial charge < -0.3 is 102 Å². The molecule has 2 saturated carbocycles. The number of anilines is 3. The van der Waals surface area contributed by atoms with Gasteiger partial charge in [-0.2, -0.15) is 8.42 Å². The average Bonchev–Trinajstić information content (AvgIpc) is 1.72. The zero-order valence-corrected chi connectivity index (χ0v) is 86.7. The van der Waals surface area contributed by atoms with Crippen LogP contribution in [0.15, 0.2) is 91.5 Å². The molecule has 5 aliphatic rings. The number of carbonyl (C=O) groups is 11. The van der Waals surface area contributed by atoms with Crippen LogP contribution in [0, 0.1) is 28.6 Å². The van der Waals surface area contributed by atoms with Crippen LogP contribution in [0.5, 0.6) is 0 Å². The Balaban J connectivity index is 0.690. The molecule has 4 aromatic carbocycles. The van der Waals surface area contributed by atoms with Gasteiger partial charge >= 0.3 is 6.03 Å². The Morgan fingerprint density at radius 2 is 1.09 bits per heavy atom. The quantitative estimate of drug-likeness (QED) is 0.00746.